The molecule has 0 aromatic carbocycles. The van der Waals surface area contributed by atoms with Crippen LogP contribution in [-0.4, -0.2) is 18.0 Å². The van der Waals surface area contributed by atoms with E-state index in [0.29, 0.717) is 6.42 Å². The number of carbonyl (C=O) groups excluding carboxylic acids is 1. The van der Waals surface area contributed by atoms with Gasteiger partial charge in [0.1, 0.15) is 6.26 Å². The zero-order valence-electron chi connectivity index (χ0n) is 5.33. The number of allylic oxidation sites excluding steroid dienone is 1. The Balaban J connectivity index is 2.52. The van der Waals surface area contributed by atoms with E-state index < -0.39 is 0 Å². The molecule has 0 spiro atoms. The Morgan fingerprint density at radius 1 is 1.78 bits per heavy atom. The van der Waals surface area contributed by atoms with Crippen molar-refractivity contribution in [2.75, 3.05) is 7.05 Å². The Labute approximate surface area is 53.9 Å². The summed E-state index contributed by atoms with van der Waals surface area (Å²) in [5, 5.41) is 1.24. The Bertz CT molecular complexity index is 142. The minimum atomic E-state index is 0.0278. The predicted molar refractivity (Wildman–Crippen MR) is 32.2 cm³/mol. The highest BCUT2D eigenvalue weighted by Gasteiger charge is 2.08. The van der Waals surface area contributed by atoms with Crippen LogP contribution in [0.15, 0.2) is 12.3 Å². The van der Waals surface area contributed by atoms with Gasteiger partial charge in [-0.2, -0.15) is 5.06 Å². The van der Waals surface area contributed by atoms with Gasteiger partial charge in [0.15, 0.2) is 0 Å². The van der Waals surface area contributed by atoms with Gasteiger partial charge >= 0.3 is 0 Å². The van der Waals surface area contributed by atoms with Crippen molar-refractivity contribution in [3.05, 3.63) is 12.3 Å². The van der Waals surface area contributed by atoms with E-state index in [2.05, 4.69) is 0 Å². The maximum Gasteiger partial charge on any atom is 0.255 e. The summed E-state index contributed by atoms with van der Waals surface area (Å²) in [5.41, 5.74) is 0. The van der Waals surface area contributed by atoms with Gasteiger partial charge in [-0.05, 0) is 12.5 Å². The maximum absolute atomic E-state index is 10.8. The van der Waals surface area contributed by atoms with Crippen LogP contribution < -0.4 is 0 Å². The van der Waals surface area contributed by atoms with Gasteiger partial charge < -0.3 is 4.84 Å². The third-order valence-corrected chi connectivity index (χ3v) is 1.19. The van der Waals surface area contributed by atoms with Crippen LogP contribution in [0.1, 0.15) is 12.8 Å². The molecule has 1 heterocycles. The van der Waals surface area contributed by atoms with E-state index in [1.165, 1.54) is 11.3 Å². The molecular weight excluding hydrogens is 118 g/mol. The summed E-state index contributed by atoms with van der Waals surface area (Å²) < 4.78 is 0. The number of hydroxylamine groups is 2. The summed E-state index contributed by atoms with van der Waals surface area (Å²) in [5.74, 6) is 0.0278. The zero-order valence-corrected chi connectivity index (χ0v) is 5.33. The van der Waals surface area contributed by atoms with Crippen LogP contribution in [0.5, 0.6) is 0 Å². The van der Waals surface area contributed by atoms with Crippen molar-refractivity contribution in [2.45, 2.75) is 12.8 Å². The second-order valence-corrected chi connectivity index (χ2v) is 1.91. The minimum absolute atomic E-state index is 0.0278. The minimum Gasteiger partial charge on any atom is -0.385 e. The van der Waals surface area contributed by atoms with Crippen LogP contribution in [0, 0.1) is 0 Å². The first-order chi connectivity index (χ1) is 4.30. The van der Waals surface area contributed by atoms with Crippen LogP contribution in [-0.2, 0) is 9.63 Å². The van der Waals surface area contributed by atoms with Gasteiger partial charge in [-0.1, -0.05) is 0 Å². The van der Waals surface area contributed by atoms with Gasteiger partial charge in [-0.3, -0.25) is 4.79 Å². The molecule has 1 aliphatic heterocycles. The van der Waals surface area contributed by atoms with Gasteiger partial charge in [0.05, 0.1) is 0 Å². The van der Waals surface area contributed by atoms with Crippen LogP contribution in [0.2, 0.25) is 0 Å². The third-order valence-electron chi connectivity index (χ3n) is 1.19. The lowest BCUT2D eigenvalue weighted by molar-refractivity contribution is -0.160. The average Bonchev–Trinajstić information content (AvgIpc) is 1.99. The van der Waals surface area contributed by atoms with E-state index in [4.69, 9.17) is 4.84 Å². The molecule has 0 saturated carbocycles. The summed E-state index contributed by atoms with van der Waals surface area (Å²) in [6, 6.07) is 0. The van der Waals surface area contributed by atoms with Crippen molar-refractivity contribution < 1.29 is 9.63 Å². The lowest BCUT2D eigenvalue weighted by atomic mass is 10.3. The van der Waals surface area contributed by atoms with Crippen molar-refractivity contribution in [2.24, 2.45) is 0 Å². The fraction of sp³-hybridized carbons (Fsp3) is 0.500. The average molecular weight is 127 g/mol. The van der Waals surface area contributed by atoms with Crippen molar-refractivity contribution >= 4 is 5.91 Å². The molecule has 0 atom stereocenters. The molecule has 0 aromatic rings. The van der Waals surface area contributed by atoms with E-state index in [9.17, 15) is 4.79 Å². The molecule has 1 aliphatic rings. The highest BCUT2D eigenvalue weighted by Crippen LogP contribution is 2.02. The Kier molecular flexibility index (Phi) is 1.72. The van der Waals surface area contributed by atoms with Crippen LogP contribution >= 0.6 is 0 Å². The third kappa shape index (κ3) is 1.45. The molecule has 0 aliphatic carbocycles. The summed E-state index contributed by atoms with van der Waals surface area (Å²) in [6.07, 6.45) is 4.70. The first kappa shape index (κ1) is 6.13. The number of nitrogens with zero attached hydrogens (tertiary/aromatic N) is 1. The quantitative estimate of drug-likeness (QED) is 0.479. The smallest absolute Gasteiger partial charge is 0.255 e. The molecule has 9 heavy (non-hydrogen) atoms. The molecular formula is C6H9NO2. The summed E-state index contributed by atoms with van der Waals surface area (Å²) in [4.78, 5) is 15.6. The first-order valence-electron chi connectivity index (χ1n) is 2.89. The van der Waals surface area contributed by atoms with Gasteiger partial charge in [0, 0.05) is 13.5 Å². The normalized spacial score (nSPS) is 19.2. The zero-order chi connectivity index (χ0) is 6.69. The molecule has 0 saturated heterocycles. The van der Waals surface area contributed by atoms with E-state index in [1.54, 1.807) is 7.05 Å². The standard InChI is InChI=1S/C6H9NO2/c1-7-6(8)4-2-3-5-9-7/h3,5H,2,4H2,1H3. The number of hydrogen-bond donors (Lipinski definition) is 0. The number of carbonyl (C=O) groups is 1. The van der Waals surface area contributed by atoms with Crippen molar-refractivity contribution in [1.29, 1.82) is 0 Å². The lowest BCUT2D eigenvalue weighted by Crippen LogP contribution is -2.23. The monoisotopic (exact) mass is 127 g/mol. The van der Waals surface area contributed by atoms with Crippen molar-refractivity contribution in [1.82, 2.24) is 5.06 Å². The topological polar surface area (TPSA) is 29.5 Å². The largest absolute Gasteiger partial charge is 0.385 e. The molecule has 3 nitrogen and oxygen atoms in total. The van der Waals surface area contributed by atoms with Crippen LogP contribution in [0.3, 0.4) is 0 Å². The fourth-order valence-corrected chi connectivity index (χ4v) is 0.625. The molecule has 1 rings (SSSR count). The maximum atomic E-state index is 10.8. The summed E-state index contributed by atoms with van der Waals surface area (Å²) >= 11 is 0. The summed E-state index contributed by atoms with van der Waals surface area (Å²) in [7, 11) is 1.61. The van der Waals surface area contributed by atoms with Gasteiger partial charge in [0.25, 0.3) is 5.91 Å². The number of hydrogen-bond acceptors (Lipinski definition) is 2. The Morgan fingerprint density at radius 3 is 3.33 bits per heavy atom. The summed E-state index contributed by atoms with van der Waals surface area (Å²) in [6.45, 7) is 0. The first-order valence-corrected chi connectivity index (χ1v) is 2.89. The second-order valence-electron chi connectivity index (χ2n) is 1.91. The molecule has 0 fully saturated rings. The molecule has 3 heteroatoms. The predicted octanol–water partition coefficient (Wildman–Crippen LogP) is 0.684. The molecule has 0 aromatic heterocycles. The fourth-order valence-electron chi connectivity index (χ4n) is 0.625. The lowest BCUT2D eigenvalue weighted by Gasteiger charge is -2.11. The highest BCUT2D eigenvalue weighted by molar-refractivity contribution is 5.75. The van der Waals surface area contributed by atoms with Crippen molar-refractivity contribution in [3.63, 3.8) is 0 Å². The van der Waals surface area contributed by atoms with E-state index in [0.717, 1.165) is 6.42 Å². The molecule has 0 N–H and O–H groups in total. The van der Waals surface area contributed by atoms with Crippen LogP contribution in [0.4, 0.5) is 0 Å². The molecule has 0 bridgehead atoms. The molecule has 0 unspecified atom stereocenters. The Morgan fingerprint density at radius 2 is 2.56 bits per heavy atom. The van der Waals surface area contributed by atoms with Gasteiger partial charge in [0.2, 0.25) is 0 Å². The number of rotatable bonds is 0. The second kappa shape index (κ2) is 2.53. The Hall–Kier alpha value is -0.990. The van der Waals surface area contributed by atoms with E-state index >= 15 is 0 Å². The van der Waals surface area contributed by atoms with Crippen molar-refractivity contribution in [3.8, 4) is 0 Å². The molecule has 1 amide bonds. The van der Waals surface area contributed by atoms with Gasteiger partial charge in [-0.25, -0.2) is 0 Å². The molecule has 0 radical (unpaired) electrons. The van der Waals surface area contributed by atoms with Gasteiger partial charge in [-0.15, -0.1) is 0 Å². The van der Waals surface area contributed by atoms with E-state index in [-0.39, 0.29) is 5.91 Å². The van der Waals surface area contributed by atoms with E-state index in [1.807, 2.05) is 6.08 Å². The SMILES string of the molecule is CN1OC=CCCC1=O. The molecule has 50 valence electrons. The number of amides is 1. The highest BCUT2D eigenvalue weighted by atomic mass is 16.7. The van der Waals surface area contributed by atoms with Crippen LogP contribution in [0.25, 0.3) is 0 Å².